The normalized spacial score (nSPS) is 13.1. The van der Waals surface area contributed by atoms with Crippen LogP contribution in [0.5, 0.6) is 0 Å². The first kappa shape index (κ1) is 18.4. The van der Waals surface area contributed by atoms with Gasteiger partial charge in [0.25, 0.3) is 5.91 Å². The van der Waals surface area contributed by atoms with Crippen LogP contribution in [0, 0.1) is 0 Å². The first-order valence-electron chi connectivity index (χ1n) is 8.30. The summed E-state index contributed by atoms with van der Waals surface area (Å²) >= 11 is 1.59. The SMILES string of the molecule is CCCNC(=O)CN(C)C(=O)COC(=O)c1csc2c1CCCC2. The van der Waals surface area contributed by atoms with Crippen molar-refractivity contribution in [2.24, 2.45) is 0 Å². The van der Waals surface area contributed by atoms with Gasteiger partial charge in [0.2, 0.25) is 5.91 Å². The summed E-state index contributed by atoms with van der Waals surface area (Å²) in [4.78, 5) is 38.3. The summed E-state index contributed by atoms with van der Waals surface area (Å²) in [7, 11) is 1.52. The minimum Gasteiger partial charge on any atom is -0.452 e. The minimum atomic E-state index is -0.452. The van der Waals surface area contributed by atoms with Crippen molar-refractivity contribution in [3.8, 4) is 0 Å². The zero-order valence-corrected chi connectivity index (χ0v) is 15.0. The molecular weight excluding hydrogens is 328 g/mol. The number of hydrogen-bond acceptors (Lipinski definition) is 5. The van der Waals surface area contributed by atoms with Crippen molar-refractivity contribution in [1.29, 1.82) is 0 Å². The van der Waals surface area contributed by atoms with Gasteiger partial charge in [-0.1, -0.05) is 6.92 Å². The molecule has 0 unspecified atom stereocenters. The van der Waals surface area contributed by atoms with Crippen LogP contribution >= 0.6 is 11.3 Å². The Morgan fingerprint density at radius 3 is 2.79 bits per heavy atom. The summed E-state index contributed by atoms with van der Waals surface area (Å²) < 4.78 is 5.14. The molecule has 1 aliphatic rings. The van der Waals surface area contributed by atoms with Gasteiger partial charge in [-0.15, -0.1) is 11.3 Å². The molecule has 0 atom stereocenters. The van der Waals surface area contributed by atoms with E-state index in [1.165, 1.54) is 16.8 Å². The van der Waals surface area contributed by atoms with Crippen molar-refractivity contribution in [2.75, 3.05) is 26.7 Å². The molecule has 0 fully saturated rings. The highest BCUT2D eigenvalue weighted by Crippen LogP contribution is 2.30. The fourth-order valence-corrected chi connectivity index (χ4v) is 3.72. The maximum absolute atomic E-state index is 12.2. The number of fused-ring (bicyclic) bond motifs is 1. The number of thiophene rings is 1. The van der Waals surface area contributed by atoms with Gasteiger partial charge in [-0.05, 0) is 37.7 Å². The second-order valence-corrected chi connectivity index (χ2v) is 6.90. The number of nitrogens with one attached hydrogen (secondary N) is 1. The molecule has 132 valence electrons. The number of carbonyl (C=O) groups is 3. The monoisotopic (exact) mass is 352 g/mol. The van der Waals surface area contributed by atoms with E-state index in [0.29, 0.717) is 12.1 Å². The van der Waals surface area contributed by atoms with E-state index in [-0.39, 0.29) is 25.0 Å². The Balaban J connectivity index is 1.82. The lowest BCUT2D eigenvalue weighted by Crippen LogP contribution is -2.40. The van der Waals surface area contributed by atoms with Crippen molar-refractivity contribution >= 4 is 29.1 Å². The Morgan fingerprint density at radius 2 is 2.04 bits per heavy atom. The van der Waals surface area contributed by atoms with E-state index in [2.05, 4.69) is 5.32 Å². The zero-order chi connectivity index (χ0) is 17.5. The fraction of sp³-hybridized carbons (Fsp3) is 0.588. The number of aryl methyl sites for hydroxylation is 1. The van der Waals surface area contributed by atoms with Gasteiger partial charge < -0.3 is 15.0 Å². The molecule has 0 saturated carbocycles. The van der Waals surface area contributed by atoms with Crippen molar-refractivity contribution in [3.05, 3.63) is 21.4 Å². The van der Waals surface area contributed by atoms with Crippen LogP contribution in [0.4, 0.5) is 0 Å². The molecule has 0 aliphatic heterocycles. The quantitative estimate of drug-likeness (QED) is 0.759. The summed E-state index contributed by atoms with van der Waals surface area (Å²) in [6.07, 6.45) is 4.99. The fourth-order valence-electron chi connectivity index (χ4n) is 2.60. The molecule has 2 amide bonds. The molecule has 1 aromatic rings. The predicted octanol–water partition coefficient (Wildman–Crippen LogP) is 1.77. The van der Waals surface area contributed by atoms with Gasteiger partial charge in [0.05, 0.1) is 12.1 Å². The van der Waals surface area contributed by atoms with Crippen molar-refractivity contribution in [2.45, 2.75) is 39.0 Å². The number of likely N-dealkylation sites (N-methyl/N-ethyl adjacent to an activating group) is 1. The summed E-state index contributed by atoms with van der Waals surface area (Å²) in [5.74, 6) is -1.06. The molecule has 0 bridgehead atoms. The number of nitrogens with zero attached hydrogens (tertiary/aromatic N) is 1. The Labute approximate surface area is 146 Å². The van der Waals surface area contributed by atoms with Crippen LogP contribution in [0.25, 0.3) is 0 Å². The molecule has 1 heterocycles. The Morgan fingerprint density at radius 1 is 1.29 bits per heavy atom. The smallest absolute Gasteiger partial charge is 0.339 e. The molecule has 6 nitrogen and oxygen atoms in total. The van der Waals surface area contributed by atoms with Crippen LogP contribution in [0.15, 0.2) is 5.38 Å². The first-order valence-corrected chi connectivity index (χ1v) is 9.18. The van der Waals surface area contributed by atoms with Crippen LogP contribution in [-0.4, -0.2) is 49.4 Å². The van der Waals surface area contributed by atoms with Gasteiger partial charge in [-0.25, -0.2) is 4.79 Å². The molecule has 1 aromatic heterocycles. The van der Waals surface area contributed by atoms with Gasteiger partial charge in [0.15, 0.2) is 6.61 Å². The average Bonchev–Trinajstić information content (AvgIpc) is 3.01. The van der Waals surface area contributed by atoms with Gasteiger partial charge in [0.1, 0.15) is 0 Å². The van der Waals surface area contributed by atoms with Gasteiger partial charge >= 0.3 is 5.97 Å². The summed E-state index contributed by atoms with van der Waals surface area (Å²) in [6, 6.07) is 0. The van der Waals surface area contributed by atoms with E-state index in [9.17, 15) is 14.4 Å². The predicted molar refractivity (Wildman–Crippen MR) is 92.2 cm³/mol. The maximum Gasteiger partial charge on any atom is 0.339 e. The van der Waals surface area contributed by atoms with Crippen LogP contribution < -0.4 is 5.32 Å². The number of carbonyl (C=O) groups excluding carboxylic acids is 3. The van der Waals surface area contributed by atoms with Gasteiger partial charge in [-0.3, -0.25) is 9.59 Å². The largest absolute Gasteiger partial charge is 0.452 e. The lowest BCUT2D eigenvalue weighted by Gasteiger charge is -2.17. The molecule has 0 radical (unpaired) electrons. The number of rotatable bonds is 7. The highest BCUT2D eigenvalue weighted by atomic mass is 32.1. The third-order valence-corrected chi connectivity index (χ3v) is 5.08. The van der Waals surface area contributed by atoms with Crippen LogP contribution in [0.1, 0.15) is 47.0 Å². The molecule has 0 aromatic carbocycles. The standard InChI is InChI=1S/C17H24N2O4S/c1-3-8-18-15(20)9-19(2)16(21)10-23-17(22)13-11-24-14-7-5-4-6-12(13)14/h11H,3-10H2,1-2H3,(H,18,20). The summed E-state index contributed by atoms with van der Waals surface area (Å²) in [5.41, 5.74) is 1.67. The lowest BCUT2D eigenvalue weighted by molar-refractivity contribution is -0.137. The Kier molecular flexibility index (Phi) is 6.78. The zero-order valence-electron chi connectivity index (χ0n) is 14.2. The Hall–Kier alpha value is -1.89. The van der Waals surface area contributed by atoms with Gasteiger partial charge in [0, 0.05) is 23.8 Å². The maximum atomic E-state index is 12.2. The van der Waals surface area contributed by atoms with E-state index in [0.717, 1.165) is 37.7 Å². The molecule has 0 spiro atoms. The van der Waals surface area contributed by atoms with Crippen LogP contribution in [0.3, 0.4) is 0 Å². The summed E-state index contributed by atoms with van der Waals surface area (Å²) in [5, 5.41) is 4.52. The molecule has 2 rings (SSSR count). The second-order valence-electron chi connectivity index (χ2n) is 5.93. The number of hydrogen-bond donors (Lipinski definition) is 1. The van der Waals surface area contributed by atoms with Crippen LogP contribution in [0.2, 0.25) is 0 Å². The van der Waals surface area contributed by atoms with Crippen molar-refractivity contribution in [1.82, 2.24) is 10.2 Å². The lowest BCUT2D eigenvalue weighted by atomic mass is 9.96. The van der Waals surface area contributed by atoms with Gasteiger partial charge in [-0.2, -0.15) is 0 Å². The van der Waals surface area contributed by atoms with E-state index in [4.69, 9.17) is 4.74 Å². The number of amides is 2. The highest BCUT2D eigenvalue weighted by molar-refractivity contribution is 7.10. The first-order chi connectivity index (χ1) is 11.5. The number of ether oxygens (including phenoxy) is 1. The Bertz CT molecular complexity index is 612. The van der Waals surface area contributed by atoms with Crippen molar-refractivity contribution in [3.63, 3.8) is 0 Å². The molecular formula is C17H24N2O4S. The topological polar surface area (TPSA) is 75.7 Å². The van der Waals surface area contributed by atoms with E-state index < -0.39 is 5.97 Å². The number of esters is 1. The third-order valence-electron chi connectivity index (χ3n) is 3.99. The molecule has 7 heteroatoms. The molecule has 1 aliphatic carbocycles. The van der Waals surface area contributed by atoms with Crippen LogP contribution in [-0.2, 0) is 27.2 Å². The molecule has 1 N–H and O–H groups in total. The van der Waals surface area contributed by atoms with E-state index in [1.807, 2.05) is 12.3 Å². The molecule has 0 saturated heterocycles. The molecule has 24 heavy (non-hydrogen) atoms. The van der Waals surface area contributed by atoms with E-state index in [1.54, 1.807) is 11.3 Å². The third kappa shape index (κ3) is 4.80. The summed E-state index contributed by atoms with van der Waals surface area (Å²) in [6.45, 7) is 2.15. The van der Waals surface area contributed by atoms with E-state index >= 15 is 0 Å². The van der Waals surface area contributed by atoms with Crippen molar-refractivity contribution < 1.29 is 19.1 Å². The average molecular weight is 352 g/mol. The minimum absolute atomic E-state index is 0.0375. The highest BCUT2D eigenvalue weighted by Gasteiger charge is 2.22. The second kappa shape index (κ2) is 8.82.